The molecule has 0 saturated heterocycles. The molecule has 3 unspecified atom stereocenters. The summed E-state index contributed by atoms with van der Waals surface area (Å²) in [6.07, 6.45) is 4.40. The summed E-state index contributed by atoms with van der Waals surface area (Å²) in [4.78, 5) is 0. The van der Waals surface area contributed by atoms with Crippen LogP contribution in [0.2, 0.25) is 5.02 Å². The number of aromatic nitrogens is 2. The third-order valence-electron chi connectivity index (χ3n) is 4.30. The number of rotatable bonds is 4. The van der Waals surface area contributed by atoms with Crippen LogP contribution in [-0.4, -0.2) is 28.6 Å². The van der Waals surface area contributed by atoms with Gasteiger partial charge in [0, 0.05) is 7.11 Å². The standard InChI is InChI=1S/C14H23ClN2O2/c1-10-4-5-14(18,11(2)8-10)13-12(15)9-16-17(13)6-7-19-3/h9-11,18H,4-8H2,1-3H3. The van der Waals surface area contributed by atoms with Crippen LogP contribution < -0.4 is 0 Å². The minimum absolute atomic E-state index is 0.187. The number of hydrogen-bond donors (Lipinski definition) is 1. The lowest BCUT2D eigenvalue weighted by atomic mass is 9.70. The quantitative estimate of drug-likeness (QED) is 0.926. The molecular formula is C14H23ClN2O2. The van der Waals surface area contributed by atoms with Crippen molar-refractivity contribution in [2.75, 3.05) is 13.7 Å². The Morgan fingerprint density at radius 2 is 2.32 bits per heavy atom. The Bertz CT molecular complexity index is 435. The average molecular weight is 287 g/mol. The summed E-state index contributed by atoms with van der Waals surface area (Å²) in [6.45, 7) is 5.51. The van der Waals surface area contributed by atoms with Crippen molar-refractivity contribution in [1.82, 2.24) is 9.78 Å². The molecule has 1 aliphatic rings. The van der Waals surface area contributed by atoms with Gasteiger partial charge in [0.2, 0.25) is 0 Å². The van der Waals surface area contributed by atoms with Gasteiger partial charge in [0.05, 0.1) is 30.1 Å². The predicted molar refractivity (Wildman–Crippen MR) is 75.2 cm³/mol. The van der Waals surface area contributed by atoms with Crippen molar-refractivity contribution >= 4 is 11.6 Å². The molecule has 1 aromatic rings. The molecule has 1 saturated carbocycles. The fraction of sp³-hybridized carbons (Fsp3) is 0.786. The SMILES string of the molecule is COCCn1ncc(Cl)c1C1(O)CCC(C)CC1C. The topological polar surface area (TPSA) is 47.3 Å². The van der Waals surface area contributed by atoms with Crippen LogP contribution in [0.3, 0.4) is 0 Å². The molecule has 19 heavy (non-hydrogen) atoms. The van der Waals surface area contributed by atoms with E-state index in [0.29, 0.717) is 24.1 Å². The van der Waals surface area contributed by atoms with Crippen LogP contribution in [0.4, 0.5) is 0 Å². The maximum atomic E-state index is 11.1. The first kappa shape index (κ1) is 14.8. The number of aliphatic hydroxyl groups is 1. The summed E-state index contributed by atoms with van der Waals surface area (Å²) in [5.41, 5.74) is -0.112. The van der Waals surface area contributed by atoms with E-state index in [1.54, 1.807) is 18.0 Å². The zero-order valence-electron chi connectivity index (χ0n) is 11.9. The van der Waals surface area contributed by atoms with E-state index in [4.69, 9.17) is 16.3 Å². The fourth-order valence-corrected chi connectivity index (χ4v) is 3.43. The van der Waals surface area contributed by atoms with E-state index in [1.807, 2.05) is 0 Å². The van der Waals surface area contributed by atoms with E-state index in [0.717, 1.165) is 25.0 Å². The first-order chi connectivity index (χ1) is 8.99. The summed E-state index contributed by atoms with van der Waals surface area (Å²) in [7, 11) is 1.66. The molecule has 3 atom stereocenters. The van der Waals surface area contributed by atoms with Crippen LogP contribution in [0, 0.1) is 11.8 Å². The summed E-state index contributed by atoms with van der Waals surface area (Å²) >= 11 is 6.26. The van der Waals surface area contributed by atoms with Gasteiger partial charge in [-0.05, 0) is 31.1 Å². The van der Waals surface area contributed by atoms with Gasteiger partial charge in [-0.2, -0.15) is 5.10 Å². The molecule has 0 radical (unpaired) electrons. The average Bonchev–Trinajstić information content (AvgIpc) is 2.74. The van der Waals surface area contributed by atoms with Crippen LogP contribution >= 0.6 is 11.6 Å². The van der Waals surface area contributed by atoms with Crippen molar-refractivity contribution in [2.24, 2.45) is 11.8 Å². The molecule has 1 heterocycles. The van der Waals surface area contributed by atoms with Crippen molar-refractivity contribution in [3.63, 3.8) is 0 Å². The van der Waals surface area contributed by atoms with Crippen molar-refractivity contribution in [2.45, 2.75) is 45.3 Å². The Kier molecular flexibility index (Phi) is 4.54. The van der Waals surface area contributed by atoms with E-state index in [2.05, 4.69) is 18.9 Å². The molecule has 1 aromatic heterocycles. The largest absolute Gasteiger partial charge is 0.383 e. The van der Waals surface area contributed by atoms with Crippen molar-refractivity contribution in [1.29, 1.82) is 0 Å². The summed E-state index contributed by atoms with van der Waals surface area (Å²) in [5, 5.41) is 15.9. The first-order valence-corrected chi connectivity index (χ1v) is 7.30. The number of halogens is 1. The normalized spacial score (nSPS) is 31.6. The van der Waals surface area contributed by atoms with Gasteiger partial charge >= 0.3 is 0 Å². The lowest BCUT2D eigenvalue weighted by molar-refractivity contribution is -0.0658. The summed E-state index contributed by atoms with van der Waals surface area (Å²) < 4.78 is 6.88. The highest BCUT2D eigenvalue weighted by molar-refractivity contribution is 6.31. The Morgan fingerprint density at radius 3 is 2.95 bits per heavy atom. The van der Waals surface area contributed by atoms with E-state index in [1.165, 1.54) is 0 Å². The molecule has 2 rings (SSSR count). The van der Waals surface area contributed by atoms with Crippen molar-refractivity contribution < 1.29 is 9.84 Å². The van der Waals surface area contributed by atoms with Gasteiger partial charge in [0.15, 0.2) is 0 Å². The maximum Gasteiger partial charge on any atom is 0.110 e. The third kappa shape index (κ3) is 2.81. The Morgan fingerprint density at radius 1 is 1.58 bits per heavy atom. The van der Waals surface area contributed by atoms with Crippen molar-refractivity contribution in [3.05, 3.63) is 16.9 Å². The highest BCUT2D eigenvalue weighted by atomic mass is 35.5. The van der Waals surface area contributed by atoms with E-state index >= 15 is 0 Å². The summed E-state index contributed by atoms with van der Waals surface area (Å²) in [6, 6.07) is 0. The number of methoxy groups -OCH3 is 1. The molecule has 5 heteroatoms. The molecule has 0 aliphatic heterocycles. The molecule has 0 bridgehead atoms. The number of nitrogens with zero attached hydrogens (tertiary/aromatic N) is 2. The van der Waals surface area contributed by atoms with E-state index in [9.17, 15) is 5.11 Å². The van der Waals surface area contributed by atoms with Gasteiger partial charge in [-0.25, -0.2) is 0 Å². The molecule has 0 amide bonds. The molecule has 1 fully saturated rings. The second-order valence-electron chi connectivity index (χ2n) is 5.76. The smallest absolute Gasteiger partial charge is 0.110 e. The number of hydrogen-bond acceptors (Lipinski definition) is 3. The minimum Gasteiger partial charge on any atom is -0.383 e. The van der Waals surface area contributed by atoms with Gasteiger partial charge in [0.25, 0.3) is 0 Å². The van der Waals surface area contributed by atoms with Crippen LogP contribution in [0.1, 0.15) is 38.8 Å². The Balaban J connectivity index is 2.31. The minimum atomic E-state index is -0.867. The van der Waals surface area contributed by atoms with Crippen molar-refractivity contribution in [3.8, 4) is 0 Å². The van der Waals surface area contributed by atoms with Gasteiger partial charge in [-0.3, -0.25) is 4.68 Å². The predicted octanol–water partition coefficient (Wildman–Crippen LogP) is 2.83. The molecule has 0 spiro atoms. The van der Waals surface area contributed by atoms with Crippen LogP contribution in [-0.2, 0) is 16.9 Å². The van der Waals surface area contributed by atoms with Crippen LogP contribution in [0.25, 0.3) is 0 Å². The summed E-state index contributed by atoms with van der Waals surface area (Å²) in [5.74, 6) is 0.844. The van der Waals surface area contributed by atoms with Gasteiger partial charge in [-0.1, -0.05) is 25.4 Å². The lowest BCUT2D eigenvalue weighted by Crippen LogP contribution is -2.41. The molecule has 1 aliphatic carbocycles. The third-order valence-corrected chi connectivity index (χ3v) is 4.58. The first-order valence-electron chi connectivity index (χ1n) is 6.92. The Hall–Kier alpha value is -0.580. The monoisotopic (exact) mass is 286 g/mol. The second-order valence-corrected chi connectivity index (χ2v) is 6.17. The van der Waals surface area contributed by atoms with Gasteiger partial charge in [-0.15, -0.1) is 0 Å². The van der Waals surface area contributed by atoms with Gasteiger partial charge < -0.3 is 9.84 Å². The fourth-order valence-electron chi connectivity index (χ4n) is 3.12. The van der Waals surface area contributed by atoms with E-state index in [-0.39, 0.29) is 5.92 Å². The number of ether oxygens (including phenoxy) is 1. The zero-order valence-corrected chi connectivity index (χ0v) is 12.7. The zero-order chi connectivity index (χ0) is 14.0. The lowest BCUT2D eigenvalue weighted by Gasteiger charge is -2.41. The molecule has 108 valence electrons. The highest BCUT2D eigenvalue weighted by Crippen LogP contribution is 2.45. The van der Waals surface area contributed by atoms with Crippen LogP contribution in [0.5, 0.6) is 0 Å². The van der Waals surface area contributed by atoms with E-state index < -0.39 is 5.60 Å². The second kappa shape index (κ2) is 5.81. The highest BCUT2D eigenvalue weighted by Gasteiger charge is 2.43. The molecular weight excluding hydrogens is 264 g/mol. The maximum absolute atomic E-state index is 11.1. The Labute approximate surface area is 119 Å². The van der Waals surface area contributed by atoms with Gasteiger partial charge in [0.1, 0.15) is 5.60 Å². The molecule has 4 nitrogen and oxygen atoms in total. The molecule has 0 aromatic carbocycles. The molecule has 1 N–H and O–H groups in total. The van der Waals surface area contributed by atoms with Crippen LogP contribution in [0.15, 0.2) is 6.20 Å².